The third-order valence-electron chi connectivity index (χ3n) is 3.22. The van der Waals surface area contributed by atoms with Crippen molar-refractivity contribution >= 4 is 5.82 Å². The molecule has 5 nitrogen and oxygen atoms in total. The first kappa shape index (κ1) is 13.2. The van der Waals surface area contributed by atoms with E-state index in [9.17, 15) is 0 Å². The van der Waals surface area contributed by atoms with Gasteiger partial charge in [0.25, 0.3) is 0 Å². The smallest absolute Gasteiger partial charge is 0.182 e. The normalized spacial score (nSPS) is 10.4. The van der Waals surface area contributed by atoms with Gasteiger partial charge in [-0.15, -0.1) is 0 Å². The number of hydrogen-bond acceptors (Lipinski definition) is 5. The molecule has 2 heterocycles. The Hall–Kier alpha value is -2.82. The number of aromatic nitrogens is 4. The lowest BCUT2D eigenvalue weighted by molar-refractivity contribution is 1.09. The van der Waals surface area contributed by atoms with Gasteiger partial charge in [-0.3, -0.25) is 4.98 Å². The number of anilines is 1. The van der Waals surface area contributed by atoms with Crippen molar-refractivity contribution < 1.29 is 0 Å². The summed E-state index contributed by atoms with van der Waals surface area (Å²) in [7, 11) is 1.85. The molecule has 0 atom stereocenters. The van der Waals surface area contributed by atoms with Crippen LogP contribution in [0.3, 0.4) is 0 Å². The molecule has 0 amide bonds. The van der Waals surface area contributed by atoms with Crippen LogP contribution in [0.2, 0.25) is 0 Å². The van der Waals surface area contributed by atoms with Gasteiger partial charge in [-0.25, -0.2) is 15.0 Å². The molecule has 0 unspecified atom stereocenters. The van der Waals surface area contributed by atoms with Gasteiger partial charge in [0, 0.05) is 30.6 Å². The molecule has 0 bridgehead atoms. The molecule has 0 aliphatic rings. The summed E-state index contributed by atoms with van der Waals surface area (Å²) < 4.78 is 0. The van der Waals surface area contributed by atoms with Gasteiger partial charge in [-0.2, -0.15) is 0 Å². The van der Waals surface area contributed by atoms with Gasteiger partial charge in [0.15, 0.2) is 5.82 Å². The van der Waals surface area contributed by atoms with Gasteiger partial charge in [-0.05, 0) is 6.92 Å². The Labute approximate surface area is 123 Å². The molecule has 3 rings (SSSR count). The predicted molar refractivity (Wildman–Crippen MR) is 82.8 cm³/mol. The van der Waals surface area contributed by atoms with Crippen LogP contribution >= 0.6 is 0 Å². The summed E-state index contributed by atoms with van der Waals surface area (Å²) in [6.07, 6.45) is 4.94. The lowest BCUT2D eigenvalue weighted by atomic mass is 10.1. The van der Waals surface area contributed by atoms with Crippen LogP contribution in [0.15, 0.2) is 48.9 Å². The van der Waals surface area contributed by atoms with E-state index < -0.39 is 0 Å². The van der Waals surface area contributed by atoms with Crippen LogP contribution in [-0.2, 0) is 0 Å². The van der Waals surface area contributed by atoms with Gasteiger partial charge in [0.05, 0.1) is 11.9 Å². The minimum Gasteiger partial charge on any atom is -0.373 e. The zero-order chi connectivity index (χ0) is 14.7. The molecule has 21 heavy (non-hydrogen) atoms. The fourth-order valence-electron chi connectivity index (χ4n) is 2.17. The Morgan fingerprint density at radius 1 is 1.00 bits per heavy atom. The van der Waals surface area contributed by atoms with E-state index in [0.717, 1.165) is 22.6 Å². The van der Waals surface area contributed by atoms with E-state index in [0.29, 0.717) is 11.5 Å². The average molecular weight is 277 g/mol. The first-order chi connectivity index (χ1) is 10.3. The van der Waals surface area contributed by atoms with Gasteiger partial charge >= 0.3 is 0 Å². The summed E-state index contributed by atoms with van der Waals surface area (Å²) in [6.45, 7) is 2.01. The molecular weight excluding hydrogens is 262 g/mol. The highest BCUT2D eigenvalue weighted by Crippen LogP contribution is 2.27. The van der Waals surface area contributed by atoms with Gasteiger partial charge in [-0.1, -0.05) is 30.3 Å². The maximum Gasteiger partial charge on any atom is 0.182 e. The third kappa shape index (κ3) is 2.58. The molecule has 5 heteroatoms. The lowest BCUT2D eigenvalue weighted by Crippen LogP contribution is -2.03. The van der Waals surface area contributed by atoms with Gasteiger partial charge < -0.3 is 5.32 Å². The van der Waals surface area contributed by atoms with Crippen molar-refractivity contribution in [2.45, 2.75) is 6.92 Å². The molecule has 0 spiro atoms. The van der Waals surface area contributed by atoms with Crippen molar-refractivity contribution in [3.8, 4) is 22.8 Å². The van der Waals surface area contributed by atoms with Crippen LogP contribution in [0.5, 0.6) is 0 Å². The number of nitrogens with zero attached hydrogens (tertiary/aromatic N) is 4. The Morgan fingerprint density at radius 2 is 1.81 bits per heavy atom. The molecular formula is C16H15N5. The number of benzene rings is 1. The Bertz CT molecular complexity index is 741. The molecule has 1 N–H and O–H groups in total. The second-order valence-electron chi connectivity index (χ2n) is 4.58. The van der Waals surface area contributed by atoms with Gasteiger partial charge in [0.2, 0.25) is 0 Å². The second-order valence-corrected chi connectivity index (χ2v) is 4.58. The summed E-state index contributed by atoms with van der Waals surface area (Å²) in [5, 5.41) is 3.12. The van der Waals surface area contributed by atoms with E-state index in [-0.39, 0.29) is 0 Å². The monoisotopic (exact) mass is 277 g/mol. The summed E-state index contributed by atoms with van der Waals surface area (Å²) in [4.78, 5) is 17.5. The molecule has 0 aliphatic carbocycles. The van der Waals surface area contributed by atoms with Crippen LogP contribution in [0.4, 0.5) is 5.82 Å². The quantitative estimate of drug-likeness (QED) is 0.797. The lowest BCUT2D eigenvalue weighted by Gasteiger charge is -2.12. The van der Waals surface area contributed by atoms with E-state index in [1.165, 1.54) is 0 Å². The highest BCUT2D eigenvalue weighted by atomic mass is 15.0. The summed E-state index contributed by atoms with van der Waals surface area (Å²) >= 11 is 0. The maximum atomic E-state index is 4.67. The van der Waals surface area contributed by atoms with Crippen LogP contribution in [0, 0.1) is 6.92 Å². The fraction of sp³-hybridized carbons (Fsp3) is 0.125. The maximum absolute atomic E-state index is 4.67. The van der Waals surface area contributed by atoms with E-state index in [1.54, 1.807) is 18.6 Å². The third-order valence-corrected chi connectivity index (χ3v) is 3.22. The van der Waals surface area contributed by atoms with Crippen LogP contribution in [0.1, 0.15) is 5.56 Å². The summed E-state index contributed by atoms with van der Waals surface area (Å²) in [5.41, 5.74) is 3.62. The Balaban J connectivity index is 2.21. The van der Waals surface area contributed by atoms with Crippen molar-refractivity contribution in [3.05, 3.63) is 54.5 Å². The summed E-state index contributed by atoms with van der Waals surface area (Å²) in [6, 6.07) is 10.1. The highest BCUT2D eigenvalue weighted by molar-refractivity contribution is 5.70. The van der Waals surface area contributed by atoms with Crippen LogP contribution in [-0.4, -0.2) is 27.0 Å². The Kier molecular flexibility index (Phi) is 3.55. The first-order valence-electron chi connectivity index (χ1n) is 6.68. The molecule has 1 aromatic carbocycles. The standard InChI is InChI=1S/C16H15N5/c1-11-14(12-6-4-3-5-7-12)20-16(21-15(11)17-2)13-10-18-8-9-19-13/h3-10H,1-2H3,(H,17,20,21). The predicted octanol–water partition coefficient (Wildman–Crippen LogP) is 2.95. The number of hydrogen-bond donors (Lipinski definition) is 1. The highest BCUT2D eigenvalue weighted by Gasteiger charge is 2.13. The molecule has 3 aromatic rings. The van der Waals surface area contributed by atoms with Crippen molar-refractivity contribution in [2.24, 2.45) is 0 Å². The number of rotatable bonds is 3. The largest absolute Gasteiger partial charge is 0.373 e. The summed E-state index contributed by atoms with van der Waals surface area (Å²) in [5.74, 6) is 1.36. The van der Waals surface area contributed by atoms with Crippen LogP contribution < -0.4 is 5.32 Å². The zero-order valence-electron chi connectivity index (χ0n) is 11.9. The van der Waals surface area contributed by atoms with Crippen LogP contribution in [0.25, 0.3) is 22.8 Å². The molecule has 0 aliphatic heterocycles. The molecule has 0 saturated heterocycles. The van der Waals surface area contributed by atoms with Crippen molar-refractivity contribution in [1.29, 1.82) is 0 Å². The van der Waals surface area contributed by atoms with E-state index >= 15 is 0 Å². The molecule has 0 fully saturated rings. The molecule has 0 radical (unpaired) electrons. The van der Waals surface area contributed by atoms with Crippen molar-refractivity contribution in [1.82, 2.24) is 19.9 Å². The van der Waals surface area contributed by atoms with E-state index in [4.69, 9.17) is 0 Å². The minimum absolute atomic E-state index is 0.567. The minimum atomic E-state index is 0.567. The van der Waals surface area contributed by atoms with Crippen molar-refractivity contribution in [3.63, 3.8) is 0 Å². The van der Waals surface area contributed by atoms with Crippen molar-refractivity contribution in [2.75, 3.05) is 12.4 Å². The molecule has 2 aromatic heterocycles. The van der Waals surface area contributed by atoms with Gasteiger partial charge in [0.1, 0.15) is 11.5 Å². The average Bonchev–Trinajstić information content (AvgIpc) is 2.56. The molecule has 0 saturated carbocycles. The SMILES string of the molecule is CNc1nc(-c2cnccn2)nc(-c2ccccc2)c1C. The first-order valence-corrected chi connectivity index (χ1v) is 6.68. The topological polar surface area (TPSA) is 63.6 Å². The zero-order valence-corrected chi connectivity index (χ0v) is 11.9. The molecule has 104 valence electrons. The Morgan fingerprint density at radius 3 is 2.48 bits per heavy atom. The van der Waals surface area contributed by atoms with E-state index in [1.807, 2.05) is 44.3 Å². The fourth-order valence-corrected chi connectivity index (χ4v) is 2.17. The number of nitrogens with one attached hydrogen (secondary N) is 1. The van der Waals surface area contributed by atoms with E-state index in [2.05, 4.69) is 25.3 Å². The second kappa shape index (κ2) is 5.66.